The summed E-state index contributed by atoms with van der Waals surface area (Å²) in [6.07, 6.45) is 1.64. The first-order chi connectivity index (χ1) is 10.6. The molecule has 0 aliphatic carbocycles. The van der Waals surface area contributed by atoms with Gasteiger partial charge in [0.25, 0.3) is 5.91 Å². The molecule has 0 radical (unpaired) electrons. The maximum Gasteiger partial charge on any atom is 0.260 e. The van der Waals surface area contributed by atoms with E-state index < -0.39 is 23.1 Å². The van der Waals surface area contributed by atoms with Crippen LogP contribution in [0, 0.1) is 18.6 Å². The Morgan fingerprint density at radius 3 is 2.36 bits per heavy atom. The fraction of sp³-hybridized carbons (Fsp3) is 0.278. The van der Waals surface area contributed by atoms with Crippen molar-refractivity contribution in [1.29, 1.82) is 0 Å². The molecule has 0 unspecified atom stereocenters. The largest absolute Gasteiger partial charge is 0.331 e. The molecular formula is C18H17F2NO. The zero-order valence-electron chi connectivity index (χ0n) is 12.4. The van der Waals surface area contributed by atoms with Crippen molar-refractivity contribution >= 4 is 5.91 Å². The van der Waals surface area contributed by atoms with E-state index in [0.717, 1.165) is 36.1 Å². The molecule has 22 heavy (non-hydrogen) atoms. The van der Waals surface area contributed by atoms with E-state index in [1.807, 2.05) is 31.2 Å². The number of likely N-dealkylation sites (tertiary alicyclic amines) is 1. The molecule has 1 aliphatic heterocycles. The van der Waals surface area contributed by atoms with Gasteiger partial charge in [0.15, 0.2) is 0 Å². The number of hydrogen-bond donors (Lipinski definition) is 0. The van der Waals surface area contributed by atoms with Crippen molar-refractivity contribution in [1.82, 2.24) is 4.90 Å². The number of halogens is 2. The van der Waals surface area contributed by atoms with E-state index in [4.69, 9.17) is 0 Å². The molecule has 1 aliphatic rings. The van der Waals surface area contributed by atoms with Crippen molar-refractivity contribution in [2.24, 2.45) is 0 Å². The summed E-state index contributed by atoms with van der Waals surface area (Å²) >= 11 is 0. The molecule has 4 heteroatoms. The minimum atomic E-state index is -0.806. The molecule has 3 rings (SSSR count). The second-order valence-corrected chi connectivity index (χ2v) is 5.66. The lowest BCUT2D eigenvalue weighted by atomic mass is 10.0. The van der Waals surface area contributed by atoms with E-state index in [1.165, 1.54) is 6.07 Å². The highest BCUT2D eigenvalue weighted by Gasteiger charge is 2.33. The van der Waals surface area contributed by atoms with Crippen molar-refractivity contribution in [2.75, 3.05) is 6.54 Å². The first-order valence-corrected chi connectivity index (χ1v) is 7.39. The highest BCUT2D eigenvalue weighted by molar-refractivity contribution is 5.95. The molecule has 0 aromatic heterocycles. The molecule has 0 bridgehead atoms. The molecular weight excluding hydrogens is 284 g/mol. The van der Waals surface area contributed by atoms with E-state index in [2.05, 4.69) is 0 Å². The number of benzene rings is 2. The number of nitrogens with zero attached hydrogens (tertiary/aromatic N) is 1. The van der Waals surface area contributed by atoms with Gasteiger partial charge in [0, 0.05) is 6.54 Å². The van der Waals surface area contributed by atoms with Crippen molar-refractivity contribution in [3.8, 4) is 0 Å². The maximum atomic E-state index is 13.8. The monoisotopic (exact) mass is 301 g/mol. The summed E-state index contributed by atoms with van der Waals surface area (Å²) in [5.74, 6) is -2.18. The van der Waals surface area contributed by atoms with Crippen LogP contribution < -0.4 is 0 Å². The minimum Gasteiger partial charge on any atom is -0.331 e. The van der Waals surface area contributed by atoms with Gasteiger partial charge in [0.1, 0.15) is 17.2 Å². The number of aryl methyl sites for hydroxylation is 1. The number of carbonyl (C=O) groups excluding carboxylic acids is 1. The number of hydrogen-bond acceptors (Lipinski definition) is 1. The number of carbonyl (C=O) groups is 1. The van der Waals surface area contributed by atoms with Gasteiger partial charge >= 0.3 is 0 Å². The minimum absolute atomic E-state index is 0.118. The van der Waals surface area contributed by atoms with Crippen LogP contribution in [0.1, 0.15) is 40.4 Å². The molecule has 1 atom stereocenters. The molecule has 2 aromatic rings. The van der Waals surface area contributed by atoms with Crippen LogP contribution in [0.15, 0.2) is 42.5 Å². The molecule has 1 saturated heterocycles. The fourth-order valence-electron chi connectivity index (χ4n) is 2.99. The summed E-state index contributed by atoms with van der Waals surface area (Å²) in [6, 6.07) is 11.3. The average molecular weight is 301 g/mol. The second kappa shape index (κ2) is 5.87. The Labute approximate surface area is 128 Å². The van der Waals surface area contributed by atoms with Crippen LogP contribution in [0.25, 0.3) is 0 Å². The second-order valence-electron chi connectivity index (χ2n) is 5.66. The quantitative estimate of drug-likeness (QED) is 0.812. The Bertz CT molecular complexity index is 676. The number of amides is 1. The lowest BCUT2D eigenvalue weighted by Crippen LogP contribution is -2.32. The Balaban J connectivity index is 1.93. The molecule has 0 saturated carbocycles. The third kappa shape index (κ3) is 2.61. The van der Waals surface area contributed by atoms with Crippen molar-refractivity contribution in [3.05, 3.63) is 70.8 Å². The van der Waals surface area contributed by atoms with Crippen LogP contribution in [0.4, 0.5) is 8.78 Å². The SMILES string of the molecule is Cc1ccc([C@H]2CCCN2C(=O)c2c(F)cccc2F)cc1. The summed E-state index contributed by atoms with van der Waals surface area (Å²) in [6.45, 7) is 2.52. The Hall–Kier alpha value is -2.23. The van der Waals surface area contributed by atoms with Gasteiger partial charge in [-0.15, -0.1) is 0 Å². The molecule has 2 aromatic carbocycles. The molecule has 1 heterocycles. The zero-order valence-corrected chi connectivity index (χ0v) is 12.4. The van der Waals surface area contributed by atoms with Crippen molar-refractivity contribution in [3.63, 3.8) is 0 Å². The van der Waals surface area contributed by atoms with Crippen LogP contribution in [0.5, 0.6) is 0 Å². The Kier molecular flexibility index (Phi) is 3.92. The Morgan fingerprint density at radius 1 is 1.09 bits per heavy atom. The first kappa shape index (κ1) is 14.7. The summed E-state index contributed by atoms with van der Waals surface area (Å²) in [5.41, 5.74) is 1.69. The third-order valence-corrected chi connectivity index (χ3v) is 4.15. The molecule has 0 N–H and O–H groups in total. The molecule has 1 fully saturated rings. The fourth-order valence-corrected chi connectivity index (χ4v) is 2.99. The van der Waals surface area contributed by atoms with Crippen LogP contribution in [0.3, 0.4) is 0 Å². The number of rotatable bonds is 2. The highest BCUT2D eigenvalue weighted by Crippen LogP contribution is 2.33. The van der Waals surface area contributed by atoms with Gasteiger partial charge in [-0.3, -0.25) is 4.79 Å². The Morgan fingerprint density at radius 2 is 1.73 bits per heavy atom. The van der Waals surface area contributed by atoms with Gasteiger partial charge in [0.2, 0.25) is 0 Å². The van der Waals surface area contributed by atoms with Crippen molar-refractivity contribution < 1.29 is 13.6 Å². The van der Waals surface area contributed by atoms with Gasteiger partial charge < -0.3 is 4.90 Å². The van der Waals surface area contributed by atoms with E-state index in [-0.39, 0.29) is 6.04 Å². The molecule has 0 spiro atoms. The third-order valence-electron chi connectivity index (χ3n) is 4.15. The van der Waals surface area contributed by atoms with E-state index in [0.29, 0.717) is 6.54 Å². The summed E-state index contributed by atoms with van der Waals surface area (Å²) in [5, 5.41) is 0. The summed E-state index contributed by atoms with van der Waals surface area (Å²) in [7, 11) is 0. The molecule has 114 valence electrons. The van der Waals surface area contributed by atoms with Gasteiger partial charge in [-0.1, -0.05) is 35.9 Å². The van der Waals surface area contributed by atoms with Crippen molar-refractivity contribution in [2.45, 2.75) is 25.8 Å². The smallest absolute Gasteiger partial charge is 0.260 e. The lowest BCUT2D eigenvalue weighted by Gasteiger charge is -2.25. The normalized spacial score (nSPS) is 17.8. The predicted molar refractivity (Wildman–Crippen MR) is 80.5 cm³/mol. The average Bonchev–Trinajstić information content (AvgIpc) is 2.97. The molecule has 1 amide bonds. The highest BCUT2D eigenvalue weighted by atomic mass is 19.1. The standard InChI is InChI=1S/C18H17F2NO/c1-12-7-9-13(10-8-12)16-6-3-11-21(16)18(22)17-14(19)4-2-5-15(17)20/h2,4-5,7-10,16H,3,6,11H2,1H3/t16-/m1/s1. The first-order valence-electron chi connectivity index (χ1n) is 7.39. The topological polar surface area (TPSA) is 20.3 Å². The maximum absolute atomic E-state index is 13.8. The van der Waals surface area contributed by atoms with Crippen LogP contribution >= 0.6 is 0 Å². The van der Waals surface area contributed by atoms with Gasteiger partial charge in [-0.25, -0.2) is 8.78 Å². The zero-order chi connectivity index (χ0) is 15.7. The van der Waals surface area contributed by atoms with Gasteiger partial charge in [-0.05, 0) is 37.5 Å². The van der Waals surface area contributed by atoms with Crippen LogP contribution in [-0.4, -0.2) is 17.4 Å². The lowest BCUT2D eigenvalue weighted by molar-refractivity contribution is 0.0725. The summed E-state index contributed by atoms with van der Waals surface area (Å²) < 4.78 is 27.7. The van der Waals surface area contributed by atoms with Gasteiger partial charge in [-0.2, -0.15) is 0 Å². The molecule has 2 nitrogen and oxygen atoms in total. The van der Waals surface area contributed by atoms with E-state index in [9.17, 15) is 13.6 Å². The van der Waals surface area contributed by atoms with Crippen LogP contribution in [0.2, 0.25) is 0 Å². The van der Waals surface area contributed by atoms with E-state index in [1.54, 1.807) is 4.90 Å². The summed E-state index contributed by atoms with van der Waals surface area (Å²) in [4.78, 5) is 14.2. The van der Waals surface area contributed by atoms with E-state index >= 15 is 0 Å². The predicted octanol–water partition coefficient (Wildman–Crippen LogP) is 4.25. The van der Waals surface area contributed by atoms with Crippen LogP contribution in [-0.2, 0) is 0 Å². The van der Waals surface area contributed by atoms with Gasteiger partial charge in [0.05, 0.1) is 6.04 Å².